The van der Waals surface area contributed by atoms with E-state index in [9.17, 15) is 5.11 Å². The molecule has 0 spiro atoms. The number of hydrogen-bond acceptors (Lipinski definition) is 5. The first-order valence-electron chi connectivity index (χ1n) is 9.14. The average molecular weight is 530 g/mol. The van der Waals surface area contributed by atoms with E-state index in [0.29, 0.717) is 21.7 Å². The van der Waals surface area contributed by atoms with E-state index < -0.39 is 0 Å². The van der Waals surface area contributed by atoms with Crippen LogP contribution in [0, 0.1) is 13.8 Å². The third kappa shape index (κ3) is 3.87. The zero-order valence-corrected chi connectivity index (χ0v) is 19.7. The number of rotatable bonds is 4. The van der Waals surface area contributed by atoms with E-state index in [-0.39, 0.29) is 5.75 Å². The Balaban J connectivity index is 1.68. The lowest BCUT2D eigenvalue weighted by Gasteiger charge is -2.10. The van der Waals surface area contributed by atoms with Gasteiger partial charge in [-0.1, -0.05) is 6.07 Å². The number of aliphatic imine (C=N–C) groups is 1. The molecule has 0 saturated carbocycles. The molecule has 0 bridgehead atoms. The quantitative estimate of drug-likeness (QED) is 0.286. The molecule has 4 rings (SSSR count). The van der Waals surface area contributed by atoms with Crippen LogP contribution in [0.1, 0.15) is 16.7 Å². The maximum Gasteiger partial charge on any atom is 0.227 e. The number of methoxy groups -OCH3 is 1. The van der Waals surface area contributed by atoms with Gasteiger partial charge in [-0.25, -0.2) is 4.98 Å². The Morgan fingerprint density at radius 3 is 2.63 bits per heavy atom. The highest BCUT2D eigenvalue weighted by Gasteiger charge is 2.15. The van der Waals surface area contributed by atoms with Crippen LogP contribution in [0.25, 0.3) is 22.6 Å². The minimum atomic E-state index is 0.0207. The van der Waals surface area contributed by atoms with Crippen LogP contribution in [0.5, 0.6) is 11.5 Å². The third-order valence-electron chi connectivity index (χ3n) is 4.73. The summed E-state index contributed by atoms with van der Waals surface area (Å²) in [6, 6.07) is 13.5. The van der Waals surface area contributed by atoms with E-state index in [1.54, 1.807) is 12.3 Å². The number of oxazole rings is 1. The van der Waals surface area contributed by atoms with Gasteiger partial charge >= 0.3 is 0 Å². The topological polar surface area (TPSA) is 67.9 Å². The van der Waals surface area contributed by atoms with Crippen LogP contribution < -0.4 is 4.74 Å². The summed E-state index contributed by atoms with van der Waals surface area (Å²) in [4.78, 5) is 9.16. The van der Waals surface area contributed by atoms with Crippen LogP contribution in [0.15, 0.2) is 60.8 Å². The molecular weight excluding hydrogens is 512 g/mol. The van der Waals surface area contributed by atoms with E-state index in [4.69, 9.17) is 9.15 Å². The number of fused-ring (bicyclic) bond motifs is 1. The Bertz CT molecular complexity index is 1300. The predicted octanol–water partition coefficient (Wildman–Crippen LogP) is 7.10. The van der Waals surface area contributed by atoms with E-state index in [1.165, 1.54) is 7.11 Å². The second-order valence-corrected chi connectivity index (χ2v) is 8.53. The molecule has 0 aliphatic carbocycles. The predicted molar refractivity (Wildman–Crippen MR) is 126 cm³/mol. The van der Waals surface area contributed by atoms with Crippen molar-refractivity contribution in [2.24, 2.45) is 4.99 Å². The molecule has 0 saturated heterocycles. The summed E-state index contributed by atoms with van der Waals surface area (Å²) >= 11 is 6.93. The van der Waals surface area contributed by atoms with Gasteiger partial charge in [0.2, 0.25) is 5.89 Å². The minimum Gasteiger partial charge on any atom is -0.504 e. The standard InChI is InChI=1S/C23H18Br2N2O3/c1-12-4-7-19-18(8-12)27-23(30-19)14-5-6-17(13(2)9-14)26-11-15-21(25)16(24)10-20(29-3)22(15)28/h4-11,28H,1-3H3. The number of halogens is 2. The van der Waals surface area contributed by atoms with Gasteiger partial charge < -0.3 is 14.3 Å². The number of ether oxygens (including phenoxy) is 1. The van der Waals surface area contributed by atoms with Crippen molar-refractivity contribution >= 4 is 54.9 Å². The molecule has 1 heterocycles. The lowest BCUT2D eigenvalue weighted by atomic mass is 10.1. The smallest absolute Gasteiger partial charge is 0.227 e. The lowest BCUT2D eigenvalue weighted by molar-refractivity contribution is 0.372. The first kappa shape index (κ1) is 20.6. The Labute approximate surface area is 190 Å². The van der Waals surface area contributed by atoms with Crippen LogP contribution in [0.4, 0.5) is 5.69 Å². The van der Waals surface area contributed by atoms with Gasteiger partial charge in [0, 0.05) is 20.7 Å². The summed E-state index contributed by atoms with van der Waals surface area (Å²) in [5, 5.41) is 10.4. The highest BCUT2D eigenvalue weighted by molar-refractivity contribution is 9.13. The molecule has 1 aromatic heterocycles. The number of phenolic OH excluding ortho intramolecular Hbond substituents is 1. The molecule has 0 amide bonds. The number of aryl methyl sites for hydroxylation is 2. The molecule has 0 aliphatic heterocycles. The zero-order valence-electron chi connectivity index (χ0n) is 16.5. The number of aromatic hydroxyl groups is 1. The van der Waals surface area contributed by atoms with Crippen LogP contribution in [0.3, 0.4) is 0 Å². The molecule has 1 N–H and O–H groups in total. The zero-order chi connectivity index (χ0) is 21.4. The highest BCUT2D eigenvalue weighted by atomic mass is 79.9. The second kappa shape index (κ2) is 8.24. The number of benzene rings is 3. The fourth-order valence-electron chi connectivity index (χ4n) is 3.11. The van der Waals surface area contributed by atoms with Crippen LogP contribution in [0.2, 0.25) is 0 Å². The Morgan fingerprint density at radius 2 is 1.90 bits per heavy atom. The van der Waals surface area contributed by atoms with Crippen molar-refractivity contribution in [3.8, 4) is 23.0 Å². The maximum absolute atomic E-state index is 10.4. The normalized spacial score (nSPS) is 11.5. The minimum absolute atomic E-state index is 0.0207. The summed E-state index contributed by atoms with van der Waals surface area (Å²) in [6.07, 6.45) is 1.61. The van der Waals surface area contributed by atoms with Crippen LogP contribution >= 0.6 is 31.9 Å². The summed E-state index contributed by atoms with van der Waals surface area (Å²) in [7, 11) is 1.51. The van der Waals surface area contributed by atoms with Crippen molar-refractivity contribution < 1.29 is 14.3 Å². The fourth-order valence-corrected chi connectivity index (χ4v) is 3.94. The molecule has 5 nitrogen and oxygen atoms in total. The lowest BCUT2D eigenvalue weighted by Crippen LogP contribution is -1.92. The van der Waals surface area contributed by atoms with Gasteiger partial charge in [-0.05, 0) is 93.2 Å². The van der Waals surface area contributed by atoms with Gasteiger partial charge in [0.05, 0.1) is 18.4 Å². The van der Waals surface area contributed by atoms with Gasteiger partial charge in [0.25, 0.3) is 0 Å². The van der Waals surface area contributed by atoms with Crippen molar-refractivity contribution in [3.05, 3.63) is 68.1 Å². The van der Waals surface area contributed by atoms with E-state index >= 15 is 0 Å². The van der Waals surface area contributed by atoms with Crippen LogP contribution in [-0.4, -0.2) is 23.4 Å². The number of nitrogens with zero attached hydrogens (tertiary/aromatic N) is 2. The van der Waals surface area contributed by atoms with Crippen molar-refractivity contribution in [1.82, 2.24) is 4.98 Å². The number of aromatic nitrogens is 1. The SMILES string of the molecule is COc1cc(Br)c(Br)c(C=Nc2ccc(-c3nc4cc(C)ccc4o3)cc2C)c1O. The molecule has 0 radical (unpaired) electrons. The fraction of sp³-hybridized carbons (Fsp3) is 0.130. The first-order chi connectivity index (χ1) is 14.4. The largest absolute Gasteiger partial charge is 0.504 e. The molecule has 0 atom stereocenters. The maximum atomic E-state index is 10.4. The molecule has 152 valence electrons. The monoisotopic (exact) mass is 528 g/mol. The molecule has 0 aliphatic rings. The van der Waals surface area contributed by atoms with Gasteiger partial charge in [-0.3, -0.25) is 4.99 Å². The highest BCUT2D eigenvalue weighted by Crippen LogP contribution is 2.40. The Kier molecular flexibility index (Phi) is 5.66. The number of hydrogen-bond donors (Lipinski definition) is 1. The van der Waals surface area contributed by atoms with Crippen molar-refractivity contribution in [2.75, 3.05) is 7.11 Å². The summed E-state index contributed by atoms with van der Waals surface area (Å²) in [5.74, 6) is 0.962. The third-order valence-corrected chi connectivity index (χ3v) is 6.74. The van der Waals surface area contributed by atoms with E-state index in [1.807, 2.05) is 50.2 Å². The van der Waals surface area contributed by atoms with Crippen molar-refractivity contribution in [1.29, 1.82) is 0 Å². The summed E-state index contributed by atoms with van der Waals surface area (Å²) in [5.41, 5.74) is 5.89. The molecule has 3 aromatic carbocycles. The molecule has 0 unspecified atom stereocenters. The molecule has 7 heteroatoms. The van der Waals surface area contributed by atoms with Gasteiger partial charge in [-0.15, -0.1) is 0 Å². The number of phenols is 1. The molecule has 4 aromatic rings. The van der Waals surface area contributed by atoms with Gasteiger partial charge in [0.15, 0.2) is 17.1 Å². The average Bonchev–Trinajstić information content (AvgIpc) is 3.14. The van der Waals surface area contributed by atoms with Gasteiger partial charge in [0.1, 0.15) is 5.52 Å². The Hall–Kier alpha value is -2.64. The van der Waals surface area contributed by atoms with Crippen molar-refractivity contribution in [3.63, 3.8) is 0 Å². The first-order valence-corrected chi connectivity index (χ1v) is 10.7. The summed E-state index contributed by atoms with van der Waals surface area (Å²) < 4.78 is 12.6. The Morgan fingerprint density at radius 1 is 1.10 bits per heavy atom. The van der Waals surface area contributed by atoms with E-state index in [0.717, 1.165) is 38.0 Å². The van der Waals surface area contributed by atoms with E-state index in [2.05, 4.69) is 41.8 Å². The molecule has 0 fully saturated rings. The summed E-state index contributed by atoms with van der Waals surface area (Å²) in [6.45, 7) is 4.00. The second-order valence-electron chi connectivity index (χ2n) is 6.89. The molecular formula is C23H18Br2N2O3. The van der Waals surface area contributed by atoms with Crippen LogP contribution in [-0.2, 0) is 0 Å². The molecule has 30 heavy (non-hydrogen) atoms. The van der Waals surface area contributed by atoms with Crippen molar-refractivity contribution in [2.45, 2.75) is 13.8 Å². The van der Waals surface area contributed by atoms with Gasteiger partial charge in [-0.2, -0.15) is 0 Å².